The Labute approximate surface area is 122 Å². The van der Waals surface area contributed by atoms with E-state index in [4.69, 9.17) is 0 Å². The summed E-state index contributed by atoms with van der Waals surface area (Å²) in [6, 6.07) is 7.19. The van der Waals surface area contributed by atoms with E-state index in [2.05, 4.69) is 20.8 Å². The molecule has 1 aliphatic rings. The Kier molecular flexibility index (Phi) is 3.94. The predicted octanol–water partition coefficient (Wildman–Crippen LogP) is -0.423. The van der Waals surface area contributed by atoms with Gasteiger partial charge in [-0.1, -0.05) is 0 Å². The molecule has 7 heteroatoms. The Morgan fingerprint density at radius 3 is 2.62 bits per heavy atom. The summed E-state index contributed by atoms with van der Waals surface area (Å²) in [7, 11) is 0. The number of amides is 1. The van der Waals surface area contributed by atoms with Gasteiger partial charge in [0.05, 0.1) is 6.10 Å². The lowest BCUT2D eigenvalue weighted by atomic mass is 10.1. The van der Waals surface area contributed by atoms with Crippen molar-refractivity contribution in [3.8, 4) is 5.69 Å². The van der Waals surface area contributed by atoms with Crippen LogP contribution in [-0.4, -0.2) is 51.5 Å². The van der Waals surface area contributed by atoms with Crippen LogP contribution in [0.4, 0.5) is 0 Å². The second-order valence-corrected chi connectivity index (χ2v) is 5.11. The average molecular weight is 287 g/mol. The van der Waals surface area contributed by atoms with Crippen LogP contribution in [0, 0.1) is 5.92 Å². The van der Waals surface area contributed by atoms with E-state index in [0.717, 1.165) is 12.2 Å². The van der Waals surface area contributed by atoms with Gasteiger partial charge in [0.15, 0.2) is 0 Å². The third-order valence-corrected chi connectivity index (χ3v) is 3.68. The van der Waals surface area contributed by atoms with Crippen LogP contribution in [0.2, 0.25) is 0 Å². The van der Waals surface area contributed by atoms with E-state index >= 15 is 0 Å². The molecular formula is C14H17N5O2. The lowest BCUT2D eigenvalue weighted by Gasteiger charge is -2.14. The van der Waals surface area contributed by atoms with Gasteiger partial charge in [-0.3, -0.25) is 9.36 Å². The van der Waals surface area contributed by atoms with Crippen LogP contribution >= 0.6 is 0 Å². The molecule has 21 heavy (non-hydrogen) atoms. The van der Waals surface area contributed by atoms with Gasteiger partial charge in [-0.05, 0) is 24.3 Å². The number of aliphatic hydroxyl groups is 1. The molecule has 3 rings (SSSR count). The standard InChI is InChI=1S/C14H17N5O2/c20-13-7-15-5-11(13)6-16-14(21)10-1-3-12(4-2-10)19-8-17-18-9-19/h1-4,8-9,11,13,15,20H,5-7H2,(H,16,21). The molecule has 7 nitrogen and oxygen atoms in total. The molecule has 1 aliphatic heterocycles. The molecule has 2 aromatic rings. The predicted molar refractivity (Wildman–Crippen MR) is 76.1 cm³/mol. The molecule has 1 aromatic heterocycles. The molecule has 110 valence electrons. The molecule has 2 unspecified atom stereocenters. The van der Waals surface area contributed by atoms with Gasteiger partial charge in [-0.15, -0.1) is 10.2 Å². The van der Waals surface area contributed by atoms with Gasteiger partial charge in [0.25, 0.3) is 5.91 Å². The first kappa shape index (κ1) is 13.7. The highest BCUT2D eigenvalue weighted by atomic mass is 16.3. The molecule has 0 radical (unpaired) electrons. The van der Waals surface area contributed by atoms with Crippen molar-refractivity contribution in [1.29, 1.82) is 0 Å². The number of nitrogens with one attached hydrogen (secondary N) is 2. The third-order valence-electron chi connectivity index (χ3n) is 3.68. The summed E-state index contributed by atoms with van der Waals surface area (Å²) in [4.78, 5) is 12.1. The lowest BCUT2D eigenvalue weighted by molar-refractivity contribution is 0.0927. The van der Waals surface area contributed by atoms with Crippen LogP contribution in [0.15, 0.2) is 36.9 Å². The zero-order chi connectivity index (χ0) is 14.7. The number of carbonyl (C=O) groups excluding carboxylic acids is 1. The van der Waals surface area contributed by atoms with Crippen molar-refractivity contribution in [3.05, 3.63) is 42.5 Å². The molecular weight excluding hydrogens is 270 g/mol. The zero-order valence-electron chi connectivity index (χ0n) is 11.4. The quantitative estimate of drug-likeness (QED) is 0.710. The first-order chi connectivity index (χ1) is 10.2. The van der Waals surface area contributed by atoms with Gasteiger partial charge in [0.2, 0.25) is 0 Å². The van der Waals surface area contributed by atoms with Crippen molar-refractivity contribution in [2.75, 3.05) is 19.6 Å². The highest BCUT2D eigenvalue weighted by molar-refractivity contribution is 5.94. The lowest BCUT2D eigenvalue weighted by Crippen LogP contribution is -2.34. The van der Waals surface area contributed by atoms with Crippen molar-refractivity contribution < 1.29 is 9.90 Å². The van der Waals surface area contributed by atoms with Crippen molar-refractivity contribution in [1.82, 2.24) is 25.4 Å². The van der Waals surface area contributed by atoms with E-state index in [1.807, 2.05) is 12.1 Å². The van der Waals surface area contributed by atoms with Crippen molar-refractivity contribution in [2.45, 2.75) is 6.10 Å². The SMILES string of the molecule is O=C(NCC1CNCC1O)c1ccc(-n2cnnc2)cc1. The topological polar surface area (TPSA) is 92.1 Å². The van der Waals surface area contributed by atoms with Crippen molar-refractivity contribution in [2.24, 2.45) is 5.92 Å². The maximum atomic E-state index is 12.1. The first-order valence-electron chi connectivity index (χ1n) is 6.86. The van der Waals surface area contributed by atoms with Crippen molar-refractivity contribution >= 4 is 5.91 Å². The van der Waals surface area contributed by atoms with Gasteiger partial charge in [0, 0.05) is 36.8 Å². The smallest absolute Gasteiger partial charge is 0.251 e. The molecule has 0 bridgehead atoms. The molecule has 1 fully saturated rings. The van der Waals surface area contributed by atoms with Crippen LogP contribution in [0.1, 0.15) is 10.4 Å². The summed E-state index contributed by atoms with van der Waals surface area (Å²) in [5.41, 5.74) is 1.49. The van der Waals surface area contributed by atoms with Gasteiger partial charge >= 0.3 is 0 Å². The fourth-order valence-electron chi connectivity index (χ4n) is 2.37. The average Bonchev–Trinajstić information content (AvgIpc) is 3.17. The summed E-state index contributed by atoms with van der Waals surface area (Å²) in [5, 5.41) is 23.1. The maximum Gasteiger partial charge on any atom is 0.251 e. The Morgan fingerprint density at radius 2 is 2.00 bits per heavy atom. The van der Waals surface area contributed by atoms with Crippen molar-refractivity contribution in [3.63, 3.8) is 0 Å². The third kappa shape index (κ3) is 3.09. The van der Waals surface area contributed by atoms with E-state index in [-0.39, 0.29) is 17.9 Å². The van der Waals surface area contributed by atoms with E-state index in [0.29, 0.717) is 18.7 Å². The number of rotatable bonds is 4. The fraction of sp³-hybridized carbons (Fsp3) is 0.357. The second-order valence-electron chi connectivity index (χ2n) is 5.11. The number of aliphatic hydroxyl groups excluding tert-OH is 1. The first-order valence-corrected chi connectivity index (χ1v) is 6.86. The van der Waals surface area contributed by atoms with Crippen LogP contribution in [0.25, 0.3) is 5.69 Å². The number of hydrogen-bond acceptors (Lipinski definition) is 5. The zero-order valence-corrected chi connectivity index (χ0v) is 11.4. The van der Waals surface area contributed by atoms with E-state index < -0.39 is 0 Å². The fourth-order valence-corrected chi connectivity index (χ4v) is 2.37. The summed E-state index contributed by atoms with van der Waals surface area (Å²) in [6.45, 7) is 1.79. The number of carbonyl (C=O) groups is 1. The van der Waals surface area contributed by atoms with E-state index in [1.54, 1.807) is 29.4 Å². The van der Waals surface area contributed by atoms with Gasteiger partial charge in [-0.2, -0.15) is 0 Å². The van der Waals surface area contributed by atoms with Crippen LogP contribution in [-0.2, 0) is 0 Å². The molecule has 0 spiro atoms. The minimum Gasteiger partial charge on any atom is -0.391 e. The molecule has 0 saturated carbocycles. The normalized spacial score (nSPS) is 21.4. The van der Waals surface area contributed by atoms with Crippen LogP contribution in [0.3, 0.4) is 0 Å². The molecule has 1 aromatic carbocycles. The van der Waals surface area contributed by atoms with Crippen LogP contribution < -0.4 is 10.6 Å². The van der Waals surface area contributed by atoms with Gasteiger partial charge in [-0.25, -0.2) is 0 Å². The highest BCUT2D eigenvalue weighted by Crippen LogP contribution is 2.10. The Balaban J connectivity index is 1.60. The monoisotopic (exact) mass is 287 g/mol. The molecule has 1 saturated heterocycles. The minimum absolute atomic E-state index is 0.0743. The maximum absolute atomic E-state index is 12.1. The second kappa shape index (κ2) is 6.02. The molecule has 3 N–H and O–H groups in total. The Bertz CT molecular complexity index is 596. The minimum atomic E-state index is -0.388. The number of β-amino-alcohol motifs (C(OH)–C–C–N with tert-alkyl or cyclic N) is 1. The van der Waals surface area contributed by atoms with Crippen LogP contribution in [0.5, 0.6) is 0 Å². The summed E-state index contributed by atoms with van der Waals surface area (Å²) in [6.07, 6.45) is 2.81. The number of nitrogens with zero attached hydrogens (tertiary/aromatic N) is 3. The molecule has 2 heterocycles. The summed E-state index contributed by atoms with van der Waals surface area (Å²) >= 11 is 0. The van der Waals surface area contributed by atoms with E-state index in [1.165, 1.54) is 0 Å². The van der Waals surface area contributed by atoms with Gasteiger partial charge in [0.1, 0.15) is 12.7 Å². The highest BCUT2D eigenvalue weighted by Gasteiger charge is 2.25. The Morgan fingerprint density at radius 1 is 1.29 bits per heavy atom. The summed E-state index contributed by atoms with van der Waals surface area (Å²) in [5.74, 6) is -0.0605. The molecule has 2 atom stereocenters. The largest absolute Gasteiger partial charge is 0.391 e. The van der Waals surface area contributed by atoms with Gasteiger partial charge < -0.3 is 15.7 Å². The molecule has 1 amide bonds. The Hall–Kier alpha value is -2.25. The van der Waals surface area contributed by atoms with E-state index in [9.17, 15) is 9.90 Å². The number of aromatic nitrogens is 3. The summed E-state index contributed by atoms with van der Waals surface area (Å²) < 4.78 is 1.77. The number of hydrogen-bond donors (Lipinski definition) is 3. The molecule has 0 aliphatic carbocycles. The number of benzene rings is 1.